The van der Waals surface area contributed by atoms with Gasteiger partial charge in [-0.05, 0) is 11.6 Å². The van der Waals surface area contributed by atoms with Gasteiger partial charge in [0.15, 0.2) is 0 Å². The van der Waals surface area contributed by atoms with Gasteiger partial charge in [-0.15, -0.1) is 18.3 Å². The molecule has 0 aliphatic heterocycles. The number of benzene rings is 1. The van der Waals surface area contributed by atoms with E-state index in [4.69, 9.17) is 0 Å². The van der Waals surface area contributed by atoms with E-state index in [9.17, 15) is 5.11 Å². The minimum atomic E-state index is -0.564. The summed E-state index contributed by atoms with van der Waals surface area (Å²) in [5.41, 5.74) is 0.908. The van der Waals surface area contributed by atoms with Crippen molar-refractivity contribution in [1.29, 1.82) is 0 Å². The fourth-order valence-electron chi connectivity index (χ4n) is 1.35. The molecular weight excluding hydrogens is 230 g/mol. The van der Waals surface area contributed by atoms with Crippen molar-refractivity contribution in [2.75, 3.05) is 19.8 Å². The Morgan fingerprint density at radius 3 is 2.59 bits per heavy atom. The van der Waals surface area contributed by atoms with Crippen LogP contribution in [-0.4, -0.2) is 29.9 Å². The molecule has 3 heteroatoms. The summed E-state index contributed by atoms with van der Waals surface area (Å²) in [7, 11) is 3.94. The van der Waals surface area contributed by atoms with Crippen LogP contribution < -0.4 is 0 Å². The zero-order chi connectivity index (χ0) is 12.7. The minimum Gasteiger partial charge on any atom is -0.384 e. The molecule has 0 fully saturated rings. The summed E-state index contributed by atoms with van der Waals surface area (Å²) in [6.07, 6.45) is 3.16. The largest absolute Gasteiger partial charge is 0.384 e. The predicted octanol–water partition coefficient (Wildman–Crippen LogP) is 3.04. The second-order valence-electron chi connectivity index (χ2n) is 3.85. The molecule has 0 aliphatic carbocycles. The Labute approximate surface area is 108 Å². The summed E-state index contributed by atoms with van der Waals surface area (Å²) in [5.74, 6) is 0.839. The Morgan fingerprint density at radius 2 is 2.06 bits per heavy atom. The van der Waals surface area contributed by atoms with E-state index >= 15 is 0 Å². The lowest BCUT2D eigenvalue weighted by molar-refractivity contribution is 0.226. The first-order valence-electron chi connectivity index (χ1n) is 5.51. The van der Waals surface area contributed by atoms with Crippen LogP contribution in [0.3, 0.4) is 0 Å². The summed E-state index contributed by atoms with van der Waals surface area (Å²) in [5, 5.41) is 11.1. The van der Waals surface area contributed by atoms with Gasteiger partial charge in [0, 0.05) is 19.8 Å². The van der Waals surface area contributed by atoms with Crippen LogP contribution in [0.4, 0.5) is 0 Å². The Morgan fingerprint density at radius 1 is 1.41 bits per heavy atom. The van der Waals surface area contributed by atoms with Crippen molar-refractivity contribution in [2.45, 2.75) is 6.10 Å². The van der Waals surface area contributed by atoms with Gasteiger partial charge in [0.1, 0.15) is 0 Å². The zero-order valence-corrected chi connectivity index (χ0v) is 11.2. The number of nitrogens with zero attached hydrogens (tertiary/aromatic N) is 1. The molecule has 0 aliphatic rings. The van der Waals surface area contributed by atoms with Gasteiger partial charge < -0.3 is 10.0 Å². The minimum absolute atomic E-state index is 0.564. The van der Waals surface area contributed by atoms with Gasteiger partial charge >= 0.3 is 0 Å². The highest BCUT2D eigenvalue weighted by Gasteiger charge is 2.07. The van der Waals surface area contributed by atoms with Crippen molar-refractivity contribution in [1.82, 2.24) is 4.90 Å². The SMILES string of the molecule is C=CCS/C(=C\C(O)c1ccccc1)N(C)C. The molecule has 1 N–H and O–H groups in total. The van der Waals surface area contributed by atoms with Gasteiger partial charge in [-0.1, -0.05) is 36.4 Å². The number of rotatable bonds is 6. The number of thioether (sulfide) groups is 1. The van der Waals surface area contributed by atoms with Gasteiger partial charge in [-0.2, -0.15) is 0 Å². The zero-order valence-electron chi connectivity index (χ0n) is 10.3. The average molecular weight is 249 g/mol. The van der Waals surface area contributed by atoms with E-state index in [1.54, 1.807) is 11.8 Å². The van der Waals surface area contributed by atoms with Crippen molar-refractivity contribution < 1.29 is 5.11 Å². The second kappa shape index (κ2) is 7.20. The number of aliphatic hydroxyl groups is 1. The van der Waals surface area contributed by atoms with Gasteiger partial charge in [-0.25, -0.2) is 0 Å². The highest BCUT2D eigenvalue weighted by atomic mass is 32.2. The Kier molecular flexibility index (Phi) is 5.87. The summed E-state index contributed by atoms with van der Waals surface area (Å²) in [4.78, 5) is 2.00. The first-order chi connectivity index (χ1) is 8.15. The van der Waals surface area contributed by atoms with Gasteiger partial charge in [0.2, 0.25) is 0 Å². The van der Waals surface area contributed by atoms with Crippen LogP contribution >= 0.6 is 11.8 Å². The van der Waals surface area contributed by atoms with Crippen LogP contribution in [0.5, 0.6) is 0 Å². The van der Waals surface area contributed by atoms with Gasteiger partial charge in [-0.3, -0.25) is 0 Å². The third kappa shape index (κ3) is 4.67. The van der Waals surface area contributed by atoms with E-state index in [1.807, 2.05) is 61.5 Å². The van der Waals surface area contributed by atoms with Crippen LogP contribution in [0.25, 0.3) is 0 Å². The maximum atomic E-state index is 10.1. The molecule has 1 aromatic carbocycles. The van der Waals surface area contributed by atoms with E-state index < -0.39 is 6.10 Å². The van der Waals surface area contributed by atoms with Crippen LogP contribution in [0.2, 0.25) is 0 Å². The summed E-state index contributed by atoms with van der Waals surface area (Å²) >= 11 is 1.66. The van der Waals surface area contributed by atoms with Crippen molar-refractivity contribution in [3.05, 3.63) is 59.7 Å². The summed E-state index contributed by atoms with van der Waals surface area (Å²) in [6, 6.07) is 9.65. The molecule has 0 saturated heterocycles. The van der Waals surface area contributed by atoms with Crippen molar-refractivity contribution in [3.63, 3.8) is 0 Å². The van der Waals surface area contributed by atoms with Crippen molar-refractivity contribution >= 4 is 11.8 Å². The second-order valence-corrected chi connectivity index (χ2v) is 4.89. The van der Waals surface area contributed by atoms with E-state index in [-0.39, 0.29) is 0 Å². The maximum Gasteiger partial charge on any atom is 0.0999 e. The quantitative estimate of drug-likeness (QED) is 0.784. The molecule has 0 spiro atoms. The van der Waals surface area contributed by atoms with Crippen LogP contribution in [0.15, 0.2) is 54.1 Å². The van der Waals surface area contributed by atoms with Crippen LogP contribution in [0.1, 0.15) is 11.7 Å². The fourth-order valence-corrected chi connectivity index (χ4v) is 2.12. The standard InChI is InChI=1S/C14H19NOS/c1-4-10-17-14(15(2)3)11-13(16)12-8-6-5-7-9-12/h4-9,11,13,16H,1,10H2,2-3H3/b14-11-. The molecule has 2 nitrogen and oxygen atoms in total. The number of aliphatic hydroxyl groups excluding tert-OH is 1. The molecule has 1 rings (SSSR count). The fraction of sp³-hybridized carbons (Fsp3) is 0.286. The van der Waals surface area contributed by atoms with Gasteiger partial charge in [0.25, 0.3) is 0 Å². The smallest absolute Gasteiger partial charge is 0.0999 e. The molecule has 0 heterocycles. The third-order valence-electron chi connectivity index (χ3n) is 2.23. The molecule has 0 saturated carbocycles. The highest BCUT2D eigenvalue weighted by molar-refractivity contribution is 8.03. The highest BCUT2D eigenvalue weighted by Crippen LogP contribution is 2.23. The van der Waals surface area contributed by atoms with E-state index in [0.29, 0.717) is 0 Å². The van der Waals surface area contributed by atoms with E-state index in [0.717, 1.165) is 16.3 Å². The third-order valence-corrected chi connectivity index (χ3v) is 3.43. The topological polar surface area (TPSA) is 23.5 Å². The Hall–Kier alpha value is -1.19. The van der Waals surface area contributed by atoms with Crippen molar-refractivity contribution in [2.24, 2.45) is 0 Å². The summed E-state index contributed by atoms with van der Waals surface area (Å²) < 4.78 is 0. The molecule has 1 unspecified atom stereocenters. The molecule has 0 aromatic heterocycles. The number of hydrogen-bond acceptors (Lipinski definition) is 3. The molecule has 0 bridgehead atoms. The average Bonchev–Trinajstić information content (AvgIpc) is 2.35. The lowest BCUT2D eigenvalue weighted by Crippen LogP contribution is -2.10. The van der Waals surface area contributed by atoms with E-state index in [2.05, 4.69) is 6.58 Å². The monoisotopic (exact) mass is 249 g/mol. The van der Waals surface area contributed by atoms with Crippen molar-refractivity contribution in [3.8, 4) is 0 Å². The molecule has 0 amide bonds. The molecule has 1 atom stereocenters. The first-order valence-corrected chi connectivity index (χ1v) is 6.49. The normalized spacial score (nSPS) is 13.2. The first kappa shape index (κ1) is 13.9. The van der Waals surface area contributed by atoms with Crippen LogP contribution in [-0.2, 0) is 0 Å². The Bertz CT molecular complexity index is 373. The van der Waals surface area contributed by atoms with Crippen LogP contribution in [0, 0.1) is 0 Å². The maximum absolute atomic E-state index is 10.1. The molecular formula is C14H19NOS. The predicted molar refractivity (Wildman–Crippen MR) is 75.8 cm³/mol. The van der Waals surface area contributed by atoms with E-state index in [1.165, 1.54) is 0 Å². The lowest BCUT2D eigenvalue weighted by Gasteiger charge is -2.18. The molecule has 17 heavy (non-hydrogen) atoms. The molecule has 92 valence electrons. The molecule has 1 aromatic rings. The van der Waals surface area contributed by atoms with Gasteiger partial charge in [0.05, 0.1) is 11.1 Å². The number of hydrogen-bond donors (Lipinski definition) is 1. The Balaban J connectivity index is 2.79. The molecule has 0 radical (unpaired) electrons. The lowest BCUT2D eigenvalue weighted by atomic mass is 10.1. The summed E-state index contributed by atoms with van der Waals surface area (Å²) in [6.45, 7) is 3.70.